The molecule has 1 aromatic heterocycles. The van der Waals surface area contributed by atoms with Crippen molar-refractivity contribution in [1.82, 2.24) is 10.2 Å². The van der Waals surface area contributed by atoms with Gasteiger partial charge < -0.3 is 24.5 Å². The lowest BCUT2D eigenvalue weighted by Gasteiger charge is -2.33. The number of methoxy groups -OCH3 is 1. The van der Waals surface area contributed by atoms with Crippen molar-refractivity contribution in [3.05, 3.63) is 35.1 Å². The lowest BCUT2D eigenvalue weighted by Crippen LogP contribution is -2.45. The van der Waals surface area contributed by atoms with E-state index in [-0.39, 0.29) is 0 Å². The van der Waals surface area contributed by atoms with E-state index >= 15 is 0 Å². The van der Waals surface area contributed by atoms with Crippen molar-refractivity contribution in [2.24, 2.45) is 0 Å². The number of hydrogen-bond acceptors (Lipinski definition) is 5. The Labute approximate surface area is 149 Å². The van der Waals surface area contributed by atoms with Gasteiger partial charge in [0.1, 0.15) is 11.3 Å². The number of furan rings is 1. The molecule has 1 atom stereocenters. The van der Waals surface area contributed by atoms with E-state index in [0.717, 1.165) is 43.8 Å². The van der Waals surface area contributed by atoms with Crippen LogP contribution in [0, 0.1) is 13.8 Å². The molecule has 1 aliphatic rings. The summed E-state index contributed by atoms with van der Waals surface area (Å²) < 4.78 is 11.0. The maximum absolute atomic E-state index is 9.83. The van der Waals surface area contributed by atoms with Crippen molar-refractivity contribution in [1.29, 1.82) is 0 Å². The second kappa shape index (κ2) is 8.32. The number of ether oxygens (including phenoxy) is 1. The van der Waals surface area contributed by atoms with Crippen LogP contribution in [-0.4, -0.2) is 55.5 Å². The molecule has 1 fully saturated rings. The van der Waals surface area contributed by atoms with Gasteiger partial charge in [-0.15, -0.1) is 0 Å². The number of benzene rings is 1. The number of nitrogens with zero attached hydrogens (tertiary/aromatic N) is 1. The molecule has 3 rings (SSSR count). The number of β-amino-alcohol motifs (C(OH)–C–C–N with tert-alkyl or cyclic N) is 1. The molecule has 0 spiro atoms. The van der Waals surface area contributed by atoms with Crippen molar-refractivity contribution >= 4 is 11.0 Å². The third kappa shape index (κ3) is 4.82. The van der Waals surface area contributed by atoms with E-state index in [1.807, 2.05) is 0 Å². The van der Waals surface area contributed by atoms with Crippen LogP contribution >= 0.6 is 0 Å². The smallest absolute Gasteiger partial charge is 0.134 e. The summed E-state index contributed by atoms with van der Waals surface area (Å²) in [5.74, 6) is 0.998. The monoisotopic (exact) mass is 346 g/mol. The fourth-order valence-electron chi connectivity index (χ4n) is 3.55. The first kappa shape index (κ1) is 18.4. The van der Waals surface area contributed by atoms with Gasteiger partial charge in [-0.3, -0.25) is 0 Å². The number of piperidine rings is 1. The Hall–Kier alpha value is -1.40. The molecule has 1 aromatic carbocycles. The summed E-state index contributed by atoms with van der Waals surface area (Å²) in [6, 6.07) is 6.97. The Bertz CT molecular complexity index is 651. The molecule has 5 nitrogen and oxygen atoms in total. The van der Waals surface area contributed by atoms with Crippen molar-refractivity contribution < 1.29 is 14.3 Å². The average molecular weight is 346 g/mol. The molecule has 0 radical (unpaired) electrons. The third-order valence-corrected chi connectivity index (χ3v) is 5.16. The first-order valence-corrected chi connectivity index (χ1v) is 9.17. The van der Waals surface area contributed by atoms with Crippen LogP contribution in [0.15, 0.2) is 22.6 Å². The Kier molecular flexibility index (Phi) is 6.12. The summed E-state index contributed by atoms with van der Waals surface area (Å²) in [6.45, 7) is 8.15. The van der Waals surface area contributed by atoms with Gasteiger partial charge in [-0.05, 0) is 69.1 Å². The van der Waals surface area contributed by atoms with Gasteiger partial charge >= 0.3 is 0 Å². The molecule has 138 valence electrons. The van der Waals surface area contributed by atoms with E-state index in [2.05, 4.69) is 42.3 Å². The summed E-state index contributed by atoms with van der Waals surface area (Å²) in [6.07, 6.45) is 1.80. The van der Waals surface area contributed by atoms with E-state index in [1.165, 1.54) is 16.5 Å². The molecule has 0 bridgehead atoms. The summed E-state index contributed by atoms with van der Waals surface area (Å²) in [5.41, 5.74) is 3.54. The van der Waals surface area contributed by atoms with Gasteiger partial charge in [0.15, 0.2) is 0 Å². The Balaban J connectivity index is 1.47. The van der Waals surface area contributed by atoms with Gasteiger partial charge in [0.05, 0.1) is 19.3 Å². The molecule has 1 aliphatic heterocycles. The van der Waals surface area contributed by atoms with Crippen LogP contribution in [0.1, 0.15) is 29.7 Å². The van der Waals surface area contributed by atoms with Gasteiger partial charge in [0, 0.05) is 25.1 Å². The number of fused-ring (bicyclic) bond motifs is 1. The topological polar surface area (TPSA) is 57.9 Å². The van der Waals surface area contributed by atoms with Crippen LogP contribution in [0.5, 0.6) is 0 Å². The second-order valence-electron chi connectivity index (χ2n) is 7.25. The first-order valence-electron chi connectivity index (χ1n) is 9.17. The molecule has 0 amide bonds. The highest BCUT2D eigenvalue weighted by Gasteiger charge is 2.21. The van der Waals surface area contributed by atoms with E-state index in [4.69, 9.17) is 9.15 Å². The lowest BCUT2D eigenvalue weighted by atomic mass is 10.0. The van der Waals surface area contributed by atoms with Crippen LogP contribution in [0.25, 0.3) is 11.0 Å². The molecular weight excluding hydrogens is 316 g/mol. The molecule has 5 heteroatoms. The maximum Gasteiger partial charge on any atom is 0.134 e. The van der Waals surface area contributed by atoms with E-state index in [1.54, 1.807) is 7.11 Å². The van der Waals surface area contributed by atoms with Gasteiger partial charge in [0.2, 0.25) is 0 Å². The Morgan fingerprint density at radius 3 is 2.68 bits per heavy atom. The minimum absolute atomic E-state index is 0.392. The van der Waals surface area contributed by atoms with Crippen LogP contribution in [0.3, 0.4) is 0 Å². The fourth-order valence-corrected chi connectivity index (χ4v) is 3.55. The normalized spacial score (nSPS) is 18.1. The van der Waals surface area contributed by atoms with Gasteiger partial charge in [-0.25, -0.2) is 0 Å². The second-order valence-corrected chi connectivity index (χ2v) is 7.25. The fraction of sp³-hybridized carbons (Fsp3) is 0.600. The Morgan fingerprint density at radius 2 is 1.96 bits per heavy atom. The maximum atomic E-state index is 9.83. The van der Waals surface area contributed by atoms with E-state index in [9.17, 15) is 5.11 Å². The molecule has 1 unspecified atom stereocenters. The number of nitrogens with one attached hydrogen (secondary N) is 1. The first-order chi connectivity index (χ1) is 12.0. The summed E-state index contributed by atoms with van der Waals surface area (Å²) >= 11 is 0. The largest absolute Gasteiger partial charge is 0.460 e. The molecule has 0 aliphatic carbocycles. The quantitative estimate of drug-likeness (QED) is 0.807. The molecule has 2 N–H and O–H groups in total. The van der Waals surface area contributed by atoms with Crippen molar-refractivity contribution in [2.45, 2.75) is 45.4 Å². The minimum atomic E-state index is -0.392. The zero-order chi connectivity index (χ0) is 17.8. The zero-order valence-electron chi connectivity index (χ0n) is 15.5. The standard InChI is InChI=1S/C20H30N2O3/c1-14-8-16-10-19(25-20(16)9-15(14)2)11-21-17-4-6-22(7-5-17)12-18(23)13-24-3/h8-10,17-18,21,23H,4-7,11-13H2,1-3H3. The van der Waals surface area contributed by atoms with E-state index < -0.39 is 6.10 Å². The van der Waals surface area contributed by atoms with Gasteiger partial charge in [0.25, 0.3) is 0 Å². The number of aliphatic hydroxyl groups excluding tert-OH is 1. The molecule has 2 aromatic rings. The highest BCUT2D eigenvalue weighted by atomic mass is 16.5. The molecule has 2 heterocycles. The number of hydrogen-bond donors (Lipinski definition) is 2. The number of rotatable bonds is 7. The third-order valence-electron chi connectivity index (χ3n) is 5.16. The number of aliphatic hydroxyl groups is 1. The SMILES string of the molecule is COCC(O)CN1CCC(NCc2cc3cc(C)c(C)cc3o2)CC1. The predicted molar refractivity (Wildman–Crippen MR) is 99.9 cm³/mol. The van der Waals surface area contributed by atoms with Crippen LogP contribution in [0.2, 0.25) is 0 Å². The summed E-state index contributed by atoms with van der Waals surface area (Å²) in [5, 5.41) is 14.6. The zero-order valence-corrected chi connectivity index (χ0v) is 15.5. The lowest BCUT2D eigenvalue weighted by molar-refractivity contribution is 0.0310. The highest BCUT2D eigenvalue weighted by molar-refractivity contribution is 5.79. The molecule has 0 saturated carbocycles. The molecule has 1 saturated heterocycles. The average Bonchev–Trinajstić information content (AvgIpc) is 2.96. The van der Waals surface area contributed by atoms with Gasteiger partial charge in [-0.2, -0.15) is 0 Å². The highest BCUT2D eigenvalue weighted by Crippen LogP contribution is 2.23. The molecule has 25 heavy (non-hydrogen) atoms. The summed E-state index contributed by atoms with van der Waals surface area (Å²) in [4.78, 5) is 2.31. The summed E-state index contributed by atoms with van der Waals surface area (Å²) in [7, 11) is 1.63. The van der Waals surface area contributed by atoms with Crippen molar-refractivity contribution in [2.75, 3.05) is 33.4 Å². The van der Waals surface area contributed by atoms with Crippen LogP contribution < -0.4 is 5.32 Å². The van der Waals surface area contributed by atoms with Gasteiger partial charge in [-0.1, -0.05) is 0 Å². The number of likely N-dealkylation sites (tertiary alicyclic amines) is 1. The van der Waals surface area contributed by atoms with E-state index in [0.29, 0.717) is 19.2 Å². The van der Waals surface area contributed by atoms with Crippen LogP contribution in [0.4, 0.5) is 0 Å². The van der Waals surface area contributed by atoms with Crippen LogP contribution in [-0.2, 0) is 11.3 Å². The number of aryl methyl sites for hydroxylation is 2. The van der Waals surface area contributed by atoms with Crippen molar-refractivity contribution in [3.8, 4) is 0 Å². The van der Waals surface area contributed by atoms with Crippen molar-refractivity contribution in [3.63, 3.8) is 0 Å². The Morgan fingerprint density at radius 1 is 1.24 bits per heavy atom. The minimum Gasteiger partial charge on any atom is -0.460 e. The molecular formula is C20H30N2O3. The predicted octanol–water partition coefficient (Wildman–Crippen LogP) is 2.61.